The Kier molecular flexibility index (Phi) is 3.32. The van der Waals surface area contributed by atoms with E-state index in [2.05, 4.69) is 14.7 Å². The molecule has 90 valence electrons. The quantitative estimate of drug-likeness (QED) is 0.941. The Balaban J connectivity index is 2.35. The Labute approximate surface area is 108 Å². The molecule has 8 heteroatoms. The van der Waals surface area contributed by atoms with Gasteiger partial charge in [0.1, 0.15) is 4.90 Å². The van der Waals surface area contributed by atoms with Crippen LogP contribution in [0.4, 0.5) is 5.13 Å². The molecule has 0 aromatic carbocycles. The van der Waals surface area contributed by atoms with Crippen LogP contribution in [0.25, 0.3) is 0 Å². The molecule has 0 aliphatic rings. The zero-order chi connectivity index (χ0) is 12.5. The molecule has 0 aliphatic heterocycles. The summed E-state index contributed by atoms with van der Waals surface area (Å²) >= 11 is 7.02. The van der Waals surface area contributed by atoms with E-state index in [1.807, 2.05) is 0 Å². The average Bonchev–Trinajstić information content (AvgIpc) is 2.63. The number of aromatic nitrogens is 2. The van der Waals surface area contributed by atoms with Crippen LogP contribution in [0.1, 0.15) is 5.69 Å². The molecule has 0 aliphatic carbocycles. The lowest BCUT2D eigenvalue weighted by Gasteiger charge is -2.05. The van der Waals surface area contributed by atoms with Crippen LogP contribution in [0.2, 0.25) is 5.02 Å². The smallest absolute Gasteiger partial charge is 0.263 e. The van der Waals surface area contributed by atoms with Gasteiger partial charge in [-0.1, -0.05) is 11.6 Å². The number of anilines is 1. The number of pyridine rings is 1. The highest BCUT2D eigenvalue weighted by Gasteiger charge is 2.19. The largest absolute Gasteiger partial charge is 0.266 e. The van der Waals surface area contributed by atoms with Crippen LogP contribution in [0.15, 0.2) is 28.7 Å². The second kappa shape index (κ2) is 4.59. The number of halogens is 1. The van der Waals surface area contributed by atoms with Gasteiger partial charge in [0.05, 0.1) is 10.7 Å². The topological polar surface area (TPSA) is 72.0 Å². The maximum atomic E-state index is 12.0. The van der Waals surface area contributed by atoms with Gasteiger partial charge < -0.3 is 0 Å². The summed E-state index contributed by atoms with van der Waals surface area (Å²) in [5, 5.41) is 2.19. The molecule has 2 aromatic heterocycles. The van der Waals surface area contributed by atoms with Crippen molar-refractivity contribution in [1.82, 2.24) is 9.97 Å². The molecule has 0 amide bonds. The second-order valence-electron chi connectivity index (χ2n) is 3.21. The molecule has 17 heavy (non-hydrogen) atoms. The standard InChI is InChI=1S/C9H8ClN3O2S2/c1-6-5-16-9(12-6)13-17(14,15)8-4-11-3-2-7(8)10/h2-5H,1H3,(H,12,13). The molecule has 5 nitrogen and oxygen atoms in total. The molecule has 2 rings (SSSR count). The molecule has 0 saturated heterocycles. The molecule has 2 heterocycles. The van der Waals surface area contributed by atoms with Crippen LogP contribution in [0.5, 0.6) is 0 Å². The van der Waals surface area contributed by atoms with Crippen molar-refractivity contribution in [3.8, 4) is 0 Å². The molecule has 0 fully saturated rings. The van der Waals surface area contributed by atoms with Crippen LogP contribution in [-0.4, -0.2) is 18.4 Å². The maximum absolute atomic E-state index is 12.0. The molecule has 0 saturated carbocycles. The third kappa shape index (κ3) is 2.74. The fourth-order valence-electron chi connectivity index (χ4n) is 1.13. The van der Waals surface area contributed by atoms with Gasteiger partial charge in [0.25, 0.3) is 10.0 Å². The highest BCUT2D eigenvalue weighted by molar-refractivity contribution is 7.93. The summed E-state index contributed by atoms with van der Waals surface area (Å²) in [7, 11) is -3.73. The molecule has 0 bridgehead atoms. The van der Waals surface area contributed by atoms with E-state index in [1.165, 1.54) is 29.8 Å². The van der Waals surface area contributed by atoms with E-state index in [-0.39, 0.29) is 9.92 Å². The van der Waals surface area contributed by atoms with E-state index in [4.69, 9.17) is 11.6 Å². The summed E-state index contributed by atoms with van der Waals surface area (Å²) in [6.45, 7) is 1.78. The summed E-state index contributed by atoms with van der Waals surface area (Å²) in [4.78, 5) is 7.69. The number of hydrogen-bond donors (Lipinski definition) is 1. The van der Waals surface area contributed by atoms with E-state index in [9.17, 15) is 8.42 Å². The first-order chi connectivity index (χ1) is 7.99. The molecule has 1 N–H and O–H groups in total. The zero-order valence-electron chi connectivity index (χ0n) is 8.71. The fourth-order valence-corrected chi connectivity index (χ4v) is 3.50. The van der Waals surface area contributed by atoms with E-state index >= 15 is 0 Å². The van der Waals surface area contributed by atoms with Crippen molar-refractivity contribution in [3.05, 3.63) is 34.6 Å². The van der Waals surface area contributed by atoms with Crippen molar-refractivity contribution in [2.24, 2.45) is 0 Å². The highest BCUT2D eigenvalue weighted by Crippen LogP contribution is 2.23. The Morgan fingerprint density at radius 3 is 2.82 bits per heavy atom. The Bertz CT molecular complexity index is 639. The lowest BCUT2D eigenvalue weighted by molar-refractivity contribution is 0.601. The molecule has 0 unspecified atom stereocenters. The maximum Gasteiger partial charge on any atom is 0.266 e. The van der Waals surface area contributed by atoms with Crippen molar-refractivity contribution < 1.29 is 8.42 Å². The Morgan fingerprint density at radius 2 is 2.24 bits per heavy atom. The first-order valence-electron chi connectivity index (χ1n) is 4.53. The SMILES string of the molecule is Cc1csc(NS(=O)(=O)c2cnccc2Cl)n1. The normalized spacial score (nSPS) is 11.4. The number of nitrogens with one attached hydrogen (secondary N) is 1. The van der Waals surface area contributed by atoms with E-state index in [1.54, 1.807) is 12.3 Å². The lowest BCUT2D eigenvalue weighted by atomic mass is 10.5. The number of rotatable bonds is 3. The van der Waals surface area contributed by atoms with Crippen molar-refractivity contribution in [3.63, 3.8) is 0 Å². The van der Waals surface area contributed by atoms with Crippen molar-refractivity contribution in [1.29, 1.82) is 0 Å². The third-order valence-corrected chi connectivity index (χ3v) is 4.68. The van der Waals surface area contributed by atoms with Crippen LogP contribution in [-0.2, 0) is 10.0 Å². The number of aryl methyl sites for hydroxylation is 1. The van der Waals surface area contributed by atoms with Gasteiger partial charge in [-0.25, -0.2) is 13.4 Å². The summed E-state index contributed by atoms with van der Waals surface area (Å²) in [5.74, 6) is 0. The summed E-state index contributed by atoms with van der Waals surface area (Å²) in [6.07, 6.45) is 2.63. The molecule has 0 radical (unpaired) electrons. The number of thiazole rings is 1. The number of nitrogens with zero attached hydrogens (tertiary/aromatic N) is 2. The number of hydrogen-bond acceptors (Lipinski definition) is 5. The van der Waals surface area contributed by atoms with E-state index in [0.29, 0.717) is 5.13 Å². The van der Waals surface area contributed by atoms with Gasteiger partial charge in [-0.05, 0) is 13.0 Å². The Hall–Kier alpha value is -1.18. The minimum Gasteiger partial charge on any atom is -0.263 e. The van der Waals surface area contributed by atoms with Gasteiger partial charge in [0.15, 0.2) is 5.13 Å². The van der Waals surface area contributed by atoms with Crippen molar-refractivity contribution in [2.75, 3.05) is 4.72 Å². The number of sulfonamides is 1. The first-order valence-corrected chi connectivity index (χ1v) is 7.27. The van der Waals surface area contributed by atoms with Gasteiger partial charge in [0.2, 0.25) is 0 Å². The zero-order valence-corrected chi connectivity index (χ0v) is 11.1. The lowest BCUT2D eigenvalue weighted by Crippen LogP contribution is -2.13. The predicted molar refractivity (Wildman–Crippen MR) is 66.9 cm³/mol. The highest BCUT2D eigenvalue weighted by atomic mass is 35.5. The predicted octanol–water partition coefficient (Wildman–Crippen LogP) is 2.30. The van der Waals surface area contributed by atoms with Crippen molar-refractivity contribution in [2.45, 2.75) is 11.8 Å². The monoisotopic (exact) mass is 289 g/mol. The van der Waals surface area contributed by atoms with E-state index in [0.717, 1.165) is 5.69 Å². The molecule has 2 aromatic rings. The van der Waals surface area contributed by atoms with Crippen LogP contribution < -0.4 is 4.72 Å². The Morgan fingerprint density at radius 1 is 1.47 bits per heavy atom. The summed E-state index contributed by atoms with van der Waals surface area (Å²) in [5.41, 5.74) is 0.755. The van der Waals surface area contributed by atoms with Crippen LogP contribution in [0.3, 0.4) is 0 Å². The third-order valence-electron chi connectivity index (χ3n) is 1.86. The summed E-state index contributed by atoms with van der Waals surface area (Å²) < 4.78 is 26.3. The second-order valence-corrected chi connectivity index (χ2v) is 6.12. The van der Waals surface area contributed by atoms with Gasteiger partial charge in [-0.3, -0.25) is 9.71 Å². The van der Waals surface area contributed by atoms with Gasteiger partial charge in [-0.15, -0.1) is 11.3 Å². The van der Waals surface area contributed by atoms with Gasteiger partial charge in [-0.2, -0.15) is 0 Å². The minimum absolute atomic E-state index is 0.0606. The van der Waals surface area contributed by atoms with E-state index < -0.39 is 10.0 Å². The first kappa shape index (κ1) is 12.3. The fraction of sp³-hybridized carbons (Fsp3) is 0.111. The molecule has 0 atom stereocenters. The summed E-state index contributed by atoms with van der Waals surface area (Å²) in [6, 6.07) is 1.42. The van der Waals surface area contributed by atoms with Gasteiger partial charge >= 0.3 is 0 Å². The molecular weight excluding hydrogens is 282 g/mol. The molecular formula is C9H8ClN3O2S2. The molecule has 0 spiro atoms. The van der Waals surface area contributed by atoms with Crippen LogP contribution in [0, 0.1) is 6.92 Å². The van der Waals surface area contributed by atoms with Crippen molar-refractivity contribution >= 4 is 38.1 Å². The minimum atomic E-state index is -3.73. The van der Waals surface area contributed by atoms with Crippen LogP contribution >= 0.6 is 22.9 Å². The average molecular weight is 290 g/mol. The van der Waals surface area contributed by atoms with Gasteiger partial charge in [0, 0.05) is 17.8 Å².